The van der Waals surface area contributed by atoms with Gasteiger partial charge in [0.1, 0.15) is 0 Å². The lowest BCUT2D eigenvalue weighted by Gasteiger charge is -2.08. The third-order valence-electron chi connectivity index (χ3n) is 6.75. The number of aromatic nitrogens is 1. The van der Waals surface area contributed by atoms with Gasteiger partial charge in [-0.15, -0.1) is 0 Å². The van der Waals surface area contributed by atoms with Gasteiger partial charge >= 0.3 is 0 Å². The van der Waals surface area contributed by atoms with E-state index in [9.17, 15) is 19.2 Å². The number of hydrogen-bond donors (Lipinski definition) is 1. The molecule has 6 aromatic carbocycles. The Morgan fingerprint density at radius 3 is 1.47 bits per heavy atom. The summed E-state index contributed by atoms with van der Waals surface area (Å²) in [5.74, 6) is 0. The number of H-pyrrole nitrogens is 1. The van der Waals surface area contributed by atoms with Crippen LogP contribution in [0, 0.1) is 0 Å². The van der Waals surface area contributed by atoms with E-state index in [1.807, 2.05) is 0 Å². The summed E-state index contributed by atoms with van der Waals surface area (Å²) >= 11 is 6.28. The van der Waals surface area contributed by atoms with Crippen molar-refractivity contribution < 1.29 is 0 Å². The highest BCUT2D eigenvalue weighted by Gasteiger charge is 2.24. The SMILES string of the molecule is O=c1c2ccccc2c(=O)c2c1c1[nH]c3ccc(Cl)cc3c1c1c(=O)c3ccccc3c(=O)c21. The molecule has 1 N–H and O–H groups in total. The number of aromatic amines is 1. The highest BCUT2D eigenvalue weighted by Crippen LogP contribution is 2.36. The van der Waals surface area contributed by atoms with Gasteiger partial charge in [0.15, 0.2) is 21.7 Å². The lowest BCUT2D eigenvalue weighted by atomic mass is 9.91. The van der Waals surface area contributed by atoms with Gasteiger partial charge in [0.2, 0.25) is 0 Å². The van der Waals surface area contributed by atoms with Crippen molar-refractivity contribution in [2.75, 3.05) is 0 Å². The molecule has 0 aliphatic carbocycles. The fraction of sp³-hybridized carbons (Fsp3) is 0. The van der Waals surface area contributed by atoms with Crippen molar-refractivity contribution in [2.45, 2.75) is 0 Å². The Morgan fingerprint density at radius 2 is 0.941 bits per heavy atom. The molecule has 0 unspecified atom stereocenters. The van der Waals surface area contributed by atoms with E-state index < -0.39 is 10.9 Å². The van der Waals surface area contributed by atoms with Crippen molar-refractivity contribution in [3.63, 3.8) is 0 Å². The van der Waals surface area contributed by atoms with E-state index >= 15 is 0 Å². The molecule has 7 aromatic rings. The predicted molar refractivity (Wildman–Crippen MR) is 138 cm³/mol. The maximum Gasteiger partial charge on any atom is 0.196 e. The van der Waals surface area contributed by atoms with Gasteiger partial charge in [-0.05, 0) is 18.2 Å². The lowest BCUT2D eigenvalue weighted by molar-refractivity contribution is 1.56. The fourth-order valence-corrected chi connectivity index (χ4v) is 5.49. The van der Waals surface area contributed by atoms with E-state index in [0.717, 1.165) is 0 Å². The Labute approximate surface area is 194 Å². The third kappa shape index (κ3) is 2.19. The van der Waals surface area contributed by atoms with Gasteiger partial charge in [-0.25, -0.2) is 0 Å². The van der Waals surface area contributed by atoms with Crippen molar-refractivity contribution in [1.82, 2.24) is 4.98 Å². The topological polar surface area (TPSA) is 84.1 Å². The summed E-state index contributed by atoms with van der Waals surface area (Å²) in [6.45, 7) is 0. The second-order valence-corrected chi connectivity index (χ2v) is 8.91. The molecular formula is C28H12ClNO4. The van der Waals surface area contributed by atoms with Crippen LogP contribution < -0.4 is 21.7 Å². The molecule has 5 nitrogen and oxygen atoms in total. The number of hydrogen-bond acceptors (Lipinski definition) is 4. The van der Waals surface area contributed by atoms with Crippen molar-refractivity contribution >= 4 is 76.5 Å². The number of benzene rings is 6. The Kier molecular flexibility index (Phi) is 3.59. The molecule has 0 bridgehead atoms. The van der Waals surface area contributed by atoms with Crippen LogP contribution in [0.1, 0.15) is 0 Å². The standard InChI is InChI=1S/C28H12ClNO4/c29-12-9-10-18-17(11-12)19-20-21(26(32)14-6-2-1-5-13(14)25(20)31)22-23(24(19)30-18)28(34)16-8-4-3-7-15(16)27(22)33/h1-11,30H. The molecule has 0 saturated heterocycles. The predicted octanol–water partition coefficient (Wildman–Crippen LogP) is 4.90. The number of nitrogens with one attached hydrogen (secondary N) is 1. The Morgan fingerprint density at radius 1 is 0.500 bits per heavy atom. The summed E-state index contributed by atoms with van der Waals surface area (Å²) in [5, 5.41) is 2.69. The first-order valence-corrected chi connectivity index (χ1v) is 11.0. The van der Waals surface area contributed by atoms with E-state index in [2.05, 4.69) is 4.98 Å². The van der Waals surface area contributed by atoms with Gasteiger partial charge in [0, 0.05) is 59.0 Å². The van der Waals surface area contributed by atoms with Crippen LogP contribution in [0.3, 0.4) is 0 Å². The summed E-state index contributed by atoms with van der Waals surface area (Å²) in [6, 6.07) is 18.2. The molecule has 160 valence electrons. The normalized spacial score (nSPS) is 12.1. The fourth-order valence-electron chi connectivity index (χ4n) is 5.32. The minimum absolute atomic E-state index is 0.0140. The second-order valence-electron chi connectivity index (χ2n) is 8.47. The maximum absolute atomic E-state index is 13.8. The van der Waals surface area contributed by atoms with E-state index in [-0.39, 0.29) is 53.9 Å². The maximum atomic E-state index is 13.8. The van der Waals surface area contributed by atoms with Crippen LogP contribution in [0.25, 0.3) is 64.9 Å². The number of fused-ring (bicyclic) bond motifs is 10. The molecular weight excluding hydrogens is 450 g/mol. The molecule has 0 radical (unpaired) electrons. The van der Waals surface area contributed by atoms with E-state index in [1.165, 1.54) is 0 Å². The average Bonchev–Trinajstić information content (AvgIpc) is 3.23. The largest absolute Gasteiger partial charge is 0.354 e. The van der Waals surface area contributed by atoms with Gasteiger partial charge in [0.05, 0.1) is 10.9 Å². The minimum Gasteiger partial charge on any atom is -0.354 e. The molecule has 1 heterocycles. The van der Waals surface area contributed by atoms with Crippen LogP contribution in [-0.2, 0) is 0 Å². The Bertz CT molecular complexity index is 2270. The van der Waals surface area contributed by atoms with Crippen LogP contribution >= 0.6 is 11.6 Å². The van der Waals surface area contributed by atoms with Crippen LogP contribution in [-0.4, -0.2) is 4.98 Å². The number of rotatable bonds is 0. The monoisotopic (exact) mass is 461 g/mol. The molecule has 34 heavy (non-hydrogen) atoms. The molecule has 0 fully saturated rings. The lowest BCUT2D eigenvalue weighted by Crippen LogP contribution is -2.19. The highest BCUT2D eigenvalue weighted by atomic mass is 35.5. The van der Waals surface area contributed by atoms with Crippen molar-refractivity contribution in [1.29, 1.82) is 0 Å². The zero-order valence-corrected chi connectivity index (χ0v) is 18.1. The van der Waals surface area contributed by atoms with Gasteiger partial charge in [-0.2, -0.15) is 0 Å². The molecule has 0 aliphatic heterocycles. The second kappa shape index (κ2) is 6.37. The molecule has 0 saturated carbocycles. The highest BCUT2D eigenvalue weighted by molar-refractivity contribution is 6.35. The molecule has 1 aromatic heterocycles. The zero-order valence-electron chi connectivity index (χ0n) is 17.4. The smallest absolute Gasteiger partial charge is 0.196 e. The van der Waals surface area contributed by atoms with Gasteiger partial charge in [0.25, 0.3) is 0 Å². The summed E-state index contributed by atoms with van der Waals surface area (Å²) in [5.41, 5.74) is -0.610. The van der Waals surface area contributed by atoms with Crippen molar-refractivity contribution in [3.05, 3.63) is 113 Å². The molecule has 0 amide bonds. The van der Waals surface area contributed by atoms with Crippen molar-refractivity contribution in [3.8, 4) is 0 Å². The van der Waals surface area contributed by atoms with Crippen LogP contribution in [0.5, 0.6) is 0 Å². The quantitative estimate of drug-likeness (QED) is 0.257. The summed E-state index contributed by atoms with van der Waals surface area (Å²) in [4.78, 5) is 58.3. The number of halogens is 1. The van der Waals surface area contributed by atoms with E-state index in [1.54, 1.807) is 66.7 Å². The molecule has 7 rings (SSSR count). The van der Waals surface area contributed by atoms with Gasteiger partial charge in [-0.1, -0.05) is 60.1 Å². The first-order valence-electron chi connectivity index (χ1n) is 10.6. The average molecular weight is 462 g/mol. The molecule has 0 aliphatic rings. The van der Waals surface area contributed by atoms with E-state index in [0.29, 0.717) is 26.8 Å². The van der Waals surface area contributed by atoms with Gasteiger partial charge in [-0.3, -0.25) is 19.2 Å². The van der Waals surface area contributed by atoms with Crippen LogP contribution in [0.2, 0.25) is 5.02 Å². The first kappa shape index (κ1) is 19.1. The summed E-state index contributed by atoms with van der Waals surface area (Å²) in [6.07, 6.45) is 0. The summed E-state index contributed by atoms with van der Waals surface area (Å²) in [7, 11) is 0. The minimum atomic E-state index is -0.444. The molecule has 0 spiro atoms. The van der Waals surface area contributed by atoms with Gasteiger partial charge < -0.3 is 4.98 Å². The Hall–Kier alpha value is -4.35. The van der Waals surface area contributed by atoms with E-state index in [4.69, 9.17) is 11.6 Å². The molecule has 6 heteroatoms. The van der Waals surface area contributed by atoms with Crippen LogP contribution in [0.4, 0.5) is 0 Å². The van der Waals surface area contributed by atoms with Crippen molar-refractivity contribution in [2.24, 2.45) is 0 Å². The zero-order chi connectivity index (χ0) is 23.3. The summed E-state index contributed by atoms with van der Waals surface area (Å²) < 4.78 is 0. The Balaban J connectivity index is 2.02. The third-order valence-corrected chi connectivity index (χ3v) is 6.99. The first-order chi connectivity index (χ1) is 16.5. The van der Waals surface area contributed by atoms with Crippen LogP contribution in [0.15, 0.2) is 85.9 Å². The molecule has 0 atom stereocenters.